The van der Waals surface area contributed by atoms with Gasteiger partial charge in [0.15, 0.2) is 0 Å². The first-order valence-electron chi connectivity index (χ1n) is 13.7. The Morgan fingerprint density at radius 1 is 1.00 bits per heavy atom. The van der Waals surface area contributed by atoms with Crippen molar-refractivity contribution in [3.8, 4) is 0 Å². The number of hydrogen-bond acceptors (Lipinski definition) is 7. The highest BCUT2D eigenvalue weighted by Gasteiger charge is 2.77. The van der Waals surface area contributed by atoms with Crippen LogP contribution in [0.4, 0.5) is 0 Å². The Morgan fingerprint density at radius 2 is 1.69 bits per heavy atom. The van der Waals surface area contributed by atoms with Crippen LogP contribution in [0.25, 0.3) is 0 Å². The summed E-state index contributed by atoms with van der Waals surface area (Å²) in [6.07, 6.45) is 4.16. The van der Waals surface area contributed by atoms with E-state index >= 15 is 0 Å². The predicted molar refractivity (Wildman–Crippen MR) is 130 cm³/mol. The van der Waals surface area contributed by atoms with E-state index in [1.165, 1.54) is 6.92 Å². The molecule has 4 rings (SSSR count). The van der Waals surface area contributed by atoms with Gasteiger partial charge in [-0.3, -0.25) is 9.59 Å². The highest BCUT2D eigenvalue weighted by Crippen LogP contribution is 2.71. The summed E-state index contributed by atoms with van der Waals surface area (Å²) < 4.78 is 11.7. The number of ether oxygens (including phenoxy) is 2. The first-order valence-corrected chi connectivity index (χ1v) is 13.7. The number of aliphatic hydroxyl groups excluding tert-OH is 1. The first-order chi connectivity index (χ1) is 16.2. The molecule has 4 saturated carbocycles. The third-order valence-corrected chi connectivity index (χ3v) is 11.4. The average Bonchev–Trinajstić information content (AvgIpc) is 3.02. The van der Waals surface area contributed by atoms with Crippen LogP contribution in [0.5, 0.6) is 0 Å². The molecule has 0 aromatic rings. The van der Waals surface area contributed by atoms with Crippen molar-refractivity contribution in [2.24, 2.45) is 34.5 Å². The van der Waals surface area contributed by atoms with Crippen molar-refractivity contribution in [2.45, 2.75) is 129 Å². The molecule has 35 heavy (non-hydrogen) atoms. The highest BCUT2D eigenvalue weighted by atomic mass is 16.6. The van der Waals surface area contributed by atoms with Gasteiger partial charge in [-0.2, -0.15) is 0 Å². The van der Waals surface area contributed by atoms with Crippen molar-refractivity contribution in [1.29, 1.82) is 0 Å². The van der Waals surface area contributed by atoms with Crippen LogP contribution in [0.2, 0.25) is 0 Å². The molecule has 0 heterocycles. The van der Waals surface area contributed by atoms with Gasteiger partial charge in [0.1, 0.15) is 17.8 Å². The van der Waals surface area contributed by atoms with Gasteiger partial charge in [-0.1, -0.05) is 27.7 Å². The zero-order valence-electron chi connectivity index (χ0n) is 22.4. The highest BCUT2D eigenvalue weighted by molar-refractivity contribution is 5.72. The summed E-state index contributed by atoms with van der Waals surface area (Å²) in [6.45, 7) is 10.9. The van der Waals surface area contributed by atoms with Crippen molar-refractivity contribution in [3.63, 3.8) is 0 Å². The van der Waals surface area contributed by atoms with Crippen LogP contribution in [0.15, 0.2) is 0 Å². The summed E-state index contributed by atoms with van der Waals surface area (Å²) in [4.78, 5) is 24.9. The number of rotatable bonds is 5. The van der Waals surface area contributed by atoms with E-state index in [2.05, 4.69) is 6.92 Å². The minimum Gasteiger partial charge on any atom is -0.461 e. The van der Waals surface area contributed by atoms with E-state index in [1.807, 2.05) is 20.8 Å². The molecule has 11 atom stereocenters. The summed E-state index contributed by atoms with van der Waals surface area (Å²) in [5.74, 6) is -0.656. The van der Waals surface area contributed by atoms with E-state index < -0.39 is 34.8 Å². The van der Waals surface area contributed by atoms with Crippen LogP contribution >= 0.6 is 0 Å². The molecule has 0 bridgehead atoms. The molecule has 0 aromatic carbocycles. The maximum absolute atomic E-state index is 13.1. The van der Waals surface area contributed by atoms with Crippen LogP contribution in [0.1, 0.15) is 99.3 Å². The van der Waals surface area contributed by atoms with Gasteiger partial charge >= 0.3 is 11.9 Å². The van der Waals surface area contributed by atoms with Gasteiger partial charge in [0.25, 0.3) is 0 Å². The predicted octanol–water partition coefficient (Wildman–Crippen LogP) is 3.76. The van der Waals surface area contributed by atoms with Gasteiger partial charge in [0.05, 0.1) is 23.0 Å². The molecule has 4 aliphatic carbocycles. The van der Waals surface area contributed by atoms with Gasteiger partial charge < -0.3 is 24.8 Å². The van der Waals surface area contributed by atoms with Crippen LogP contribution in [0.3, 0.4) is 0 Å². The fourth-order valence-electron chi connectivity index (χ4n) is 8.81. The molecular formula is C28H46O7. The van der Waals surface area contributed by atoms with E-state index in [-0.39, 0.29) is 41.7 Å². The lowest BCUT2D eigenvalue weighted by atomic mass is 9.42. The molecule has 3 N–H and O–H groups in total. The summed E-state index contributed by atoms with van der Waals surface area (Å²) in [5.41, 5.74) is -4.04. The Morgan fingerprint density at radius 3 is 2.31 bits per heavy atom. The molecule has 0 aliphatic heterocycles. The number of fused-ring (bicyclic) bond motifs is 5. The van der Waals surface area contributed by atoms with Crippen molar-refractivity contribution < 1.29 is 34.4 Å². The second-order valence-electron chi connectivity index (χ2n) is 12.7. The van der Waals surface area contributed by atoms with Crippen molar-refractivity contribution >= 4 is 11.9 Å². The van der Waals surface area contributed by atoms with E-state index in [1.54, 1.807) is 6.92 Å². The summed E-state index contributed by atoms with van der Waals surface area (Å²) >= 11 is 0. The van der Waals surface area contributed by atoms with E-state index in [9.17, 15) is 24.9 Å². The quantitative estimate of drug-likeness (QED) is 0.499. The second-order valence-corrected chi connectivity index (χ2v) is 12.7. The standard InChI is InChI=1S/C28H46O7/c1-7-16(2)24(31)35-23-15-22-21(9-8-19-14-20(30)10-11-25(19,22)5)28(33)13-12-27(32,26(23,28)6)17(3)34-18(4)29/h16-17,19-23,30,32-33H,7-15H2,1-6H3/t16?,17-,19-,20-,21+,22-,23+,25-,26+,27+,28-/m0/s1. The lowest BCUT2D eigenvalue weighted by Gasteiger charge is -2.66. The minimum absolute atomic E-state index is 0.0545. The Labute approximate surface area is 210 Å². The molecule has 1 unspecified atom stereocenters. The monoisotopic (exact) mass is 494 g/mol. The molecule has 4 fully saturated rings. The van der Waals surface area contributed by atoms with Gasteiger partial charge in [0.2, 0.25) is 0 Å². The minimum atomic E-state index is -1.53. The van der Waals surface area contributed by atoms with E-state index in [0.29, 0.717) is 25.2 Å². The van der Waals surface area contributed by atoms with E-state index in [4.69, 9.17) is 9.47 Å². The van der Waals surface area contributed by atoms with E-state index in [0.717, 1.165) is 32.1 Å². The fourth-order valence-corrected chi connectivity index (χ4v) is 8.81. The zero-order chi connectivity index (χ0) is 26.0. The summed E-state index contributed by atoms with van der Waals surface area (Å²) in [5, 5.41) is 35.1. The van der Waals surface area contributed by atoms with Crippen molar-refractivity contribution in [1.82, 2.24) is 0 Å². The molecule has 0 saturated heterocycles. The number of carbonyl (C=O) groups excluding carboxylic acids is 2. The first kappa shape index (κ1) is 26.9. The van der Waals surface area contributed by atoms with Crippen LogP contribution in [-0.4, -0.2) is 56.8 Å². The Kier molecular flexibility index (Phi) is 6.90. The lowest BCUT2D eigenvalue weighted by molar-refractivity contribution is -0.291. The van der Waals surface area contributed by atoms with Gasteiger partial charge in [-0.05, 0) is 87.9 Å². The van der Waals surface area contributed by atoms with Crippen molar-refractivity contribution in [2.75, 3.05) is 0 Å². The summed E-state index contributed by atoms with van der Waals surface area (Å²) in [7, 11) is 0. The Balaban J connectivity index is 1.79. The number of esters is 2. The molecule has 7 heteroatoms. The third kappa shape index (κ3) is 3.78. The average molecular weight is 495 g/mol. The molecule has 0 aromatic heterocycles. The van der Waals surface area contributed by atoms with Crippen LogP contribution in [0, 0.1) is 34.5 Å². The molecule has 0 radical (unpaired) electrons. The smallest absolute Gasteiger partial charge is 0.308 e. The fraction of sp³-hybridized carbons (Fsp3) is 0.929. The van der Waals surface area contributed by atoms with Crippen LogP contribution < -0.4 is 0 Å². The molecule has 4 aliphatic rings. The van der Waals surface area contributed by atoms with Gasteiger partial charge in [0, 0.05) is 6.92 Å². The molecule has 0 spiro atoms. The number of aliphatic hydroxyl groups is 3. The largest absolute Gasteiger partial charge is 0.461 e. The topological polar surface area (TPSA) is 113 Å². The van der Waals surface area contributed by atoms with Crippen molar-refractivity contribution in [3.05, 3.63) is 0 Å². The number of carbonyl (C=O) groups is 2. The zero-order valence-corrected chi connectivity index (χ0v) is 22.4. The van der Waals surface area contributed by atoms with Gasteiger partial charge in [-0.25, -0.2) is 0 Å². The summed E-state index contributed by atoms with van der Waals surface area (Å²) in [6, 6.07) is 0. The molecule has 7 nitrogen and oxygen atoms in total. The Bertz CT molecular complexity index is 845. The second kappa shape index (κ2) is 8.98. The molecule has 200 valence electrons. The van der Waals surface area contributed by atoms with Crippen LogP contribution in [-0.2, 0) is 19.1 Å². The maximum atomic E-state index is 13.1. The number of hydrogen-bond donors (Lipinski definition) is 3. The SMILES string of the molecule is CCC(C)C(=O)O[C@@H]1C[C@H]2[C@@H](CC[C@H]3C[C@@H](O)CC[C@@]32C)[C@@]2(O)CC[C@@](O)([C@H](C)OC(C)=O)[C@@]12C. The normalized spacial score (nSPS) is 48.7. The Hall–Kier alpha value is -1.18. The maximum Gasteiger partial charge on any atom is 0.308 e. The molecule has 0 amide bonds. The molecular weight excluding hydrogens is 448 g/mol. The third-order valence-electron chi connectivity index (χ3n) is 11.4. The lowest BCUT2D eigenvalue weighted by Crippen LogP contribution is -2.72. The van der Waals surface area contributed by atoms with Gasteiger partial charge in [-0.15, -0.1) is 0 Å².